The molecule has 1 N–H and O–H groups in total. The largest absolute Gasteiger partial charge is 0.316 e. The molecule has 20 heavy (non-hydrogen) atoms. The van der Waals surface area contributed by atoms with E-state index in [1.165, 1.54) is 56.9 Å². The minimum absolute atomic E-state index is 0.356. The van der Waals surface area contributed by atoms with Gasteiger partial charge in [0.15, 0.2) is 0 Å². The van der Waals surface area contributed by atoms with E-state index in [1.54, 1.807) is 0 Å². The molecule has 0 radical (unpaired) electrons. The van der Waals surface area contributed by atoms with E-state index in [1.807, 2.05) is 6.20 Å². The molecule has 0 aliphatic heterocycles. The number of nitrogens with one attached hydrogen (secondary N) is 1. The van der Waals surface area contributed by atoms with Crippen molar-refractivity contribution in [3.63, 3.8) is 0 Å². The van der Waals surface area contributed by atoms with Crippen molar-refractivity contribution in [2.24, 2.45) is 5.41 Å². The van der Waals surface area contributed by atoms with Gasteiger partial charge in [0.25, 0.3) is 0 Å². The molecule has 0 aromatic carbocycles. The average molecular weight is 272 g/mol. The van der Waals surface area contributed by atoms with Crippen LogP contribution in [-0.4, -0.2) is 18.1 Å². The maximum Gasteiger partial charge on any atom is 0.0306 e. The summed E-state index contributed by atoms with van der Waals surface area (Å²) >= 11 is 0. The highest BCUT2D eigenvalue weighted by Gasteiger charge is 2.54. The lowest BCUT2D eigenvalue weighted by atomic mass is 9.48. The second-order valence-electron chi connectivity index (χ2n) is 7.07. The first kappa shape index (κ1) is 14.1. The van der Waals surface area contributed by atoms with E-state index in [4.69, 9.17) is 0 Å². The van der Waals surface area contributed by atoms with E-state index in [0.29, 0.717) is 10.8 Å². The van der Waals surface area contributed by atoms with E-state index >= 15 is 0 Å². The fourth-order valence-corrected chi connectivity index (χ4v) is 4.69. The van der Waals surface area contributed by atoms with E-state index in [2.05, 4.69) is 35.6 Å². The van der Waals surface area contributed by atoms with Gasteiger partial charge in [-0.2, -0.15) is 0 Å². The lowest BCUT2D eigenvalue weighted by Gasteiger charge is -2.57. The molecule has 0 amide bonds. The van der Waals surface area contributed by atoms with E-state index in [9.17, 15) is 0 Å². The Labute approximate surface area is 123 Å². The number of hydrogen-bond donors (Lipinski definition) is 1. The Morgan fingerprint density at radius 3 is 2.50 bits per heavy atom. The summed E-state index contributed by atoms with van der Waals surface area (Å²) in [5.41, 5.74) is 2.46. The van der Waals surface area contributed by atoms with Gasteiger partial charge in [0.1, 0.15) is 0 Å². The SMILES string of the molecule is CCNCC1(c2cccnc2)CC2(CCCCCC2)C1. The molecule has 0 bridgehead atoms. The van der Waals surface area contributed by atoms with E-state index in [0.717, 1.165) is 13.1 Å². The number of nitrogens with zero attached hydrogens (tertiary/aromatic N) is 1. The summed E-state index contributed by atoms with van der Waals surface area (Å²) in [4.78, 5) is 4.37. The molecule has 0 unspecified atom stereocenters. The van der Waals surface area contributed by atoms with Crippen molar-refractivity contribution in [1.29, 1.82) is 0 Å². The van der Waals surface area contributed by atoms with Crippen LogP contribution in [0.1, 0.15) is 63.9 Å². The number of likely N-dealkylation sites (N-methyl/N-ethyl adjacent to an activating group) is 1. The molecule has 2 fully saturated rings. The fourth-order valence-electron chi connectivity index (χ4n) is 4.69. The van der Waals surface area contributed by atoms with Gasteiger partial charge in [0.2, 0.25) is 0 Å². The zero-order valence-corrected chi connectivity index (χ0v) is 12.8. The van der Waals surface area contributed by atoms with Crippen LogP contribution in [-0.2, 0) is 5.41 Å². The Morgan fingerprint density at radius 2 is 1.90 bits per heavy atom. The van der Waals surface area contributed by atoms with Crippen LogP contribution in [0.25, 0.3) is 0 Å². The zero-order valence-electron chi connectivity index (χ0n) is 12.8. The normalized spacial score (nSPS) is 24.1. The molecule has 1 heterocycles. The highest BCUT2D eigenvalue weighted by atomic mass is 14.9. The first-order chi connectivity index (χ1) is 9.79. The smallest absolute Gasteiger partial charge is 0.0306 e. The van der Waals surface area contributed by atoms with Crippen LogP contribution in [0.3, 0.4) is 0 Å². The second-order valence-corrected chi connectivity index (χ2v) is 7.07. The van der Waals surface area contributed by atoms with Crippen molar-refractivity contribution in [2.45, 2.75) is 63.7 Å². The molecule has 2 aliphatic carbocycles. The minimum Gasteiger partial charge on any atom is -0.316 e. The van der Waals surface area contributed by atoms with Gasteiger partial charge < -0.3 is 5.32 Å². The van der Waals surface area contributed by atoms with Crippen molar-refractivity contribution in [3.05, 3.63) is 30.1 Å². The van der Waals surface area contributed by atoms with Gasteiger partial charge >= 0.3 is 0 Å². The van der Waals surface area contributed by atoms with Gasteiger partial charge in [-0.3, -0.25) is 4.98 Å². The van der Waals surface area contributed by atoms with Gasteiger partial charge in [-0.15, -0.1) is 0 Å². The van der Waals surface area contributed by atoms with Gasteiger partial charge in [0, 0.05) is 24.4 Å². The molecule has 2 aliphatic rings. The molecule has 1 spiro atoms. The van der Waals surface area contributed by atoms with Crippen molar-refractivity contribution in [2.75, 3.05) is 13.1 Å². The summed E-state index contributed by atoms with van der Waals surface area (Å²) in [6.45, 7) is 4.39. The van der Waals surface area contributed by atoms with Crippen LogP contribution in [0, 0.1) is 5.41 Å². The number of rotatable bonds is 4. The number of aromatic nitrogens is 1. The average Bonchev–Trinajstić information content (AvgIpc) is 2.70. The van der Waals surface area contributed by atoms with Crippen LogP contribution < -0.4 is 5.32 Å². The highest BCUT2D eigenvalue weighted by Crippen LogP contribution is 2.60. The number of hydrogen-bond acceptors (Lipinski definition) is 2. The van der Waals surface area contributed by atoms with Gasteiger partial charge in [-0.25, -0.2) is 0 Å². The van der Waals surface area contributed by atoms with Crippen LogP contribution >= 0.6 is 0 Å². The molecule has 2 nitrogen and oxygen atoms in total. The molecule has 1 aromatic heterocycles. The Bertz CT molecular complexity index is 410. The predicted molar refractivity (Wildman–Crippen MR) is 83.8 cm³/mol. The molecule has 0 atom stereocenters. The Balaban J connectivity index is 1.77. The molecule has 110 valence electrons. The lowest BCUT2D eigenvalue weighted by molar-refractivity contribution is 0.00625. The molecular formula is C18H28N2. The third-order valence-electron chi connectivity index (χ3n) is 5.58. The highest BCUT2D eigenvalue weighted by molar-refractivity contribution is 5.29. The van der Waals surface area contributed by atoms with E-state index < -0.39 is 0 Å². The zero-order chi connectivity index (χ0) is 13.9. The van der Waals surface area contributed by atoms with E-state index in [-0.39, 0.29) is 0 Å². The standard InChI is InChI=1S/C18H28N2/c1-2-19-15-18(16-8-7-11-20-12-16)13-17(14-18)9-5-3-4-6-10-17/h7-8,11-12,19H,2-6,9-10,13-15H2,1H3. The maximum atomic E-state index is 4.37. The van der Waals surface area contributed by atoms with Crippen molar-refractivity contribution < 1.29 is 0 Å². The van der Waals surface area contributed by atoms with Gasteiger partial charge in [-0.1, -0.05) is 38.7 Å². The molecule has 2 saturated carbocycles. The summed E-state index contributed by atoms with van der Waals surface area (Å²) in [5.74, 6) is 0. The minimum atomic E-state index is 0.356. The summed E-state index contributed by atoms with van der Waals surface area (Å²) in [6.07, 6.45) is 15.5. The monoisotopic (exact) mass is 272 g/mol. The predicted octanol–water partition coefficient (Wildman–Crippen LogP) is 4.06. The van der Waals surface area contributed by atoms with Crippen LogP contribution in [0.4, 0.5) is 0 Å². The molecular weight excluding hydrogens is 244 g/mol. The first-order valence-corrected chi connectivity index (χ1v) is 8.40. The van der Waals surface area contributed by atoms with Crippen molar-refractivity contribution in [3.8, 4) is 0 Å². The summed E-state index contributed by atoms with van der Waals surface area (Å²) < 4.78 is 0. The van der Waals surface area contributed by atoms with Crippen LogP contribution in [0.2, 0.25) is 0 Å². The van der Waals surface area contributed by atoms with Crippen molar-refractivity contribution in [1.82, 2.24) is 10.3 Å². The Kier molecular flexibility index (Phi) is 4.11. The first-order valence-electron chi connectivity index (χ1n) is 8.40. The third-order valence-corrected chi connectivity index (χ3v) is 5.58. The summed E-state index contributed by atoms with van der Waals surface area (Å²) in [6, 6.07) is 4.38. The molecule has 2 heteroatoms. The quantitative estimate of drug-likeness (QED) is 0.894. The Hall–Kier alpha value is -0.890. The molecule has 1 aromatic rings. The Morgan fingerprint density at radius 1 is 1.15 bits per heavy atom. The van der Waals surface area contributed by atoms with Crippen molar-refractivity contribution >= 4 is 0 Å². The van der Waals surface area contributed by atoms with Gasteiger partial charge in [-0.05, 0) is 49.3 Å². The fraction of sp³-hybridized carbons (Fsp3) is 0.722. The molecule has 3 rings (SSSR count). The topological polar surface area (TPSA) is 24.9 Å². The summed E-state index contributed by atoms with van der Waals surface area (Å²) in [5, 5.41) is 3.60. The summed E-state index contributed by atoms with van der Waals surface area (Å²) in [7, 11) is 0. The number of pyridine rings is 1. The maximum absolute atomic E-state index is 4.37. The molecule has 0 saturated heterocycles. The van der Waals surface area contributed by atoms with Crippen LogP contribution in [0.5, 0.6) is 0 Å². The van der Waals surface area contributed by atoms with Gasteiger partial charge in [0.05, 0.1) is 0 Å². The third kappa shape index (κ3) is 2.63. The second kappa shape index (κ2) is 5.85. The van der Waals surface area contributed by atoms with Crippen LogP contribution in [0.15, 0.2) is 24.5 Å². The lowest BCUT2D eigenvalue weighted by Crippen LogP contribution is -2.54.